The SMILES string of the molecule is CCC(C)(C)C(=O)c1cccc(C(F)(F)F)c1. The lowest BCUT2D eigenvalue weighted by atomic mass is 9.82. The summed E-state index contributed by atoms with van der Waals surface area (Å²) < 4.78 is 37.5. The average molecular weight is 244 g/mol. The predicted octanol–water partition coefficient (Wildman–Crippen LogP) is 4.32. The first-order valence-corrected chi connectivity index (χ1v) is 5.40. The highest BCUT2D eigenvalue weighted by atomic mass is 19.4. The Bertz CT molecular complexity index is 419. The van der Waals surface area contributed by atoms with E-state index in [2.05, 4.69) is 0 Å². The summed E-state index contributed by atoms with van der Waals surface area (Å²) in [6.45, 7) is 5.30. The van der Waals surface area contributed by atoms with Gasteiger partial charge in [0.1, 0.15) is 0 Å². The van der Waals surface area contributed by atoms with Crippen molar-refractivity contribution in [3.8, 4) is 0 Å². The highest BCUT2D eigenvalue weighted by Gasteiger charge is 2.32. The summed E-state index contributed by atoms with van der Waals surface area (Å²) in [7, 11) is 0. The van der Waals surface area contributed by atoms with Crippen LogP contribution in [0.1, 0.15) is 43.1 Å². The first-order valence-electron chi connectivity index (χ1n) is 5.40. The second-order valence-corrected chi connectivity index (χ2v) is 4.65. The standard InChI is InChI=1S/C13H15F3O/c1-4-12(2,3)11(17)9-6-5-7-10(8-9)13(14,15)16/h5-8H,4H2,1-3H3. The van der Waals surface area contributed by atoms with Crippen LogP contribution in [0.15, 0.2) is 24.3 Å². The number of halogens is 3. The van der Waals surface area contributed by atoms with Gasteiger partial charge >= 0.3 is 6.18 Å². The molecule has 0 unspecified atom stereocenters. The Morgan fingerprint density at radius 1 is 1.24 bits per heavy atom. The number of rotatable bonds is 3. The minimum atomic E-state index is -4.41. The molecule has 0 aliphatic rings. The van der Waals surface area contributed by atoms with Gasteiger partial charge in [0, 0.05) is 11.0 Å². The predicted molar refractivity (Wildman–Crippen MR) is 59.8 cm³/mol. The van der Waals surface area contributed by atoms with E-state index in [0.29, 0.717) is 6.42 Å². The van der Waals surface area contributed by atoms with E-state index in [9.17, 15) is 18.0 Å². The maximum absolute atomic E-state index is 12.5. The zero-order chi connectivity index (χ0) is 13.3. The number of benzene rings is 1. The maximum atomic E-state index is 12.5. The fourth-order valence-electron chi connectivity index (χ4n) is 1.39. The van der Waals surface area contributed by atoms with Crippen LogP contribution in [0.3, 0.4) is 0 Å². The Morgan fingerprint density at radius 2 is 1.82 bits per heavy atom. The Kier molecular flexibility index (Phi) is 3.65. The molecule has 0 spiro atoms. The Labute approximate surface area is 98.6 Å². The molecule has 0 N–H and O–H groups in total. The number of carbonyl (C=O) groups excluding carboxylic acids is 1. The Hall–Kier alpha value is -1.32. The van der Waals surface area contributed by atoms with Crippen LogP contribution in [0.5, 0.6) is 0 Å². The van der Waals surface area contributed by atoms with E-state index < -0.39 is 17.2 Å². The number of hydrogen-bond acceptors (Lipinski definition) is 1. The third-order valence-corrected chi connectivity index (χ3v) is 2.95. The molecule has 0 aromatic heterocycles. The molecule has 0 aliphatic heterocycles. The van der Waals surface area contributed by atoms with E-state index in [4.69, 9.17) is 0 Å². The lowest BCUT2D eigenvalue weighted by Crippen LogP contribution is -2.23. The van der Waals surface area contributed by atoms with E-state index in [1.807, 2.05) is 6.92 Å². The summed E-state index contributed by atoms with van der Waals surface area (Å²) in [5.41, 5.74) is -1.30. The Morgan fingerprint density at radius 3 is 2.29 bits per heavy atom. The molecule has 0 bridgehead atoms. The van der Waals surface area contributed by atoms with Gasteiger partial charge in [-0.05, 0) is 18.6 Å². The van der Waals surface area contributed by atoms with E-state index in [-0.39, 0.29) is 11.3 Å². The van der Waals surface area contributed by atoms with Gasteiger partial charge in [0.2, 0.25) is 0 Å². The maximum Gasteiger partial charge on any atom is 0.416 e. The quantitative estimate of drug-likeness (QED) is 0.723. The molecule has 94 valence electrons. The molecule has 1 aromatic rings. The summed E-state index contributed by atoms with van der Waals surface area (Å²) in [6, 6.07) is 4.58. The van der Waals surface area contributed by atoms with E-state index in [1.165, 1.54) is 12.1 Å². The fourth-order valence-corrected chi connectivity index (χ4v) is 1.39. The molecule has 0 radical (unpaired) electrons. The van der Waals surface area contributed by atoms with Gasteiger partial charge in [-0.3, -0.25) is 4.79 Å². The normalized spacial score (nSPS) is 12.6. The van der Waals surface area contributed by atoms with Crippen molar-refractivity contribution in [1.29, 1.82) is 0 Å². The summed E-state index contributed by atoms with van der Waals surface area (Å²) >= 11 is 0. The van der Waals surface area contributed by atoms with Crippen molar-refractivity contribution >= 4 is 5.78 Å². The van der Waals surface area contributed by atoms with Gasteiger partial charge in [-0.25, -0.2) is 0 Å². The van der Waals surface area contributed by atoms with Crippen LogP contribution >= 0.6 is 0 Å². The third-order valence-electron chi connectivity index (χ3n) is 2.95. The Balaban J connectivity index is 3.13. The van der Waals surface area contributed by atoms with Crippen molar-refractivity contribution in [3.05, 3.63) is 35.4 Å². The van der Waals surface area contributed by atoms with E-state index in [1.54, 1.807) is 13.8 Å². The van der Waals surface area contributed by atoms with E-state index >= 15 is 0 Å². The van der Waals surface area contributed by atoms with Crippen molar-refractivity contribution in [3.63, 3.8) is 0 Å². The van der Waals surface area contributed by atoms with Crippen molar-refractivity contribution < 1.29 is 18.0 Å². The van der Waals surface area contributed by atoms with Gasteiger partial charge in [-0.2, -0.15) is 13.2 Å². The monoisotopic (exact) mass is 244 g/mol. The van der Waals surface area contributed by atoms with Gasteiger partial charge < -0.3 is 0 Å². The second-order valence-electron chi connectivity index (χ2n) is 4.65. The van der Waals surface area contributed by atoms with Crippen molar-refractivity contribution in [1.82, 2.24) is 0 Å². The van der Waals surface area contributed by atoms with E-state index in [0.717, 1.165) is 12.1 Å². The summed E-state index contributed by atoms with van der Waals surface area (Å²) in [4.78, 5) is 12.0. The highest BCUT2D eigenvalue weighted by Crippen LogP contribution is 2.32. The minimum Gasteiger partial charge on any atom is -0.294 e. The molecule has 0 atom stereocenters. The summed E-state index contributed by atoms with van der Waals surface area (Å²) in [5, 5.41) is 0. The minimum absolute atomic E-state index is 0.117. The van der Waals surface area contributed by atoms with Gasteiger partial charge in [0.15, 0.2) is 5.78 Å². The summed E-state index contributed by atoms with van der Waals surface area (Å²) in [6.07, 6.45) is -3.82. The van der Waals surface area contributed by atoms with Crippen LogP contribution in [0.25, 0.3) is 0 Å². The first-order chi connectivity index (χ1) is 7.68. The van der Waals surface area contributed by atoms with Gasteiger partial charge in [-0.15, -0.1) is 0 Å². The smallest absolute Gasteiger partial charge is 0.294 e. The van der Waals surface area contributed by atoms with Gasteiger partial charge in [0.25, 0.3) is 0 Å². The zero-order valence-corrected chi connectivity index (χ0v) is 10.1. The van der Waals surface area contributed by atoms with Crippen LogP contribution < -0.4 is 0 Å². The van der Waals surface area contributed by atoms with Crippen LogP contribution in [-0.4, -0.2) is 5.78 Å². The molecule has 0 amide bonds. The molecule has 0 saturated carbocycles. The van der Waals surface area contributed by atoms with Crippen molar-refractivity contribution in [2.24, 2.45) is 5.41 Å². The topological polar surface area (TPSA) is 17.1 Å². The number of carbonyl (C=O) groups is 1. The third kappa shape index (κ3) is 3.08. The number of Topliss-reactive ketones (excluding diaryl/α,β-unsaturated/α-hetero) is 1. The van der Waals surface area contributed by atoms with Crippen molar-refractivity contribution in [2.75, 3.05) is 0 Å². The highest BCUT2D eigenvalue weighted by molar-refractivity contribution is 6.00. The van der Waals surface area contributed by atoms with Crippen LogP contribution in [0.2, 0.25) is 0 Å². The lowest BCUT2D eigenvalue weighted by molar-refractivity contribution is -0.137. The van der Waals surface area contributed by atoms with Gasteiger partial charge in [0.05, 0.1) is 5.56 Å². The molecule has 4 heteroatoms. The molecule has 1 nitrogen and oxygen atoms in total. The molecule has 17 heavy (non-hydrogen) atoms. The lowest BCUT2D eigenvalue weighted by Gasteiger charge is -2.21. The number of ketones is 1. The van der Waals surface area contributed by atoms with Crippen LogP contribution in [-0.2, 0) is 6.18 Å². The van der Waals surface area contributed by atoms with Crippen LogP contribution in [0.4, 0.5) is 13.2 Å². The average Bonchev–Trinajstić information content (AvgIpc) is 2.27. The number of alkyl halides is 3. The molecule has 0 aliphatic carbocycles. The second kappa shape index (κ2) is 4.51. The molecular weight excluding hydrogens is 229 g/mol. The molecule has 1 rings (SSSR count). The van der Waals surface area contributed by atoms with Crippen molar-refractivity contribution in [2.45, 2.75) is 33.4 Å². The summed E-state index contributed by atoms with van der Waals surface area (Å²) in [5.74, 6) is -0.258. The zero-order valence-electron chi connectivity index (χ0n) is 10.1. The molecule has 0 saturated heterocycles. The molecular formula is C13H15F3O. The molecule has 0 heterocycles. The van der Waals surface area contributed by atoms with Gasteiger partial charge in [-0.1, -0.05) is 32.9 Å². The molecule has 0 fully saturated rings. The first kappa shape index (κ1) is 13.7. The molecule has 1 aromatic carbocycles. The number of hydrogen-bond donors (Lipinski definition) is 0. The fraction of sp³-hybridized carbons (Fsp3) is 0.462. The largest absolute Gasteiger partial charge is 0.416 e. The van der Waals surface area contributed by atoms with Crippen LogP contribution in [0, 0.1) is 5.41 Å².